The van der Waals surface area contributed by atoms with Gasteiger partial charge in [0.25, 0.3) is 0 Å². The van der Waals surface area contributed by atoms with Crippen LogP contribution in [0.4, 0.5) is 5.69 Å². The van der Waals surface area contributed by atoms with Crippen LogP contribution in [0.5, 0.6) is 0 Å². The number of benzene rings is 2. The van der Waals surface area contributed by atoms with Crippen molar-refractivity contribution in [3.05, 3.63) is 65.7 Å². The summed E-state index contributed by atoms with van der Waals surface area (Å²) >= 11 is 1.32. The van der Waals surface area contributed by atoms with Crippen molar-refractivity contribution < 1.29 is 4.79 Å². The van der Waals surface area contributed by atoms with Gasteiger partial charge in [0.2, 0.25) is 11.1 Å². The summed E-state index contributed by atoms with van der Waals surface area (Å²) in [5, 5.41) is 14.5. The molecule has 2 aromatic carbocycles. The number of hydrogen-bond acceptors (Lipinski definition) is 5. The minimum Gasteiger partial charge on any atom is -0.325 e. The minimum atomic E-state index is -0.447. The van der Waals surface area contributed by atoms with Gasteiger partial charge >= 0.3 is 0 Å². The molecule has 0 radical (unpaired) electrons. The van der Waals surface area contributed by atoms with Crippen molar-refractivity contribution in [2.75, 3.05) is 5.32 Å². The van der Waals surface area contributed by atoms with Crippen LogP contribution in [0.1, 0.15) is 16.4 Å². The number of thioether (sulfide) groups is 1. The molecule has 0 spiro atoms. The molecular formula is C17H17N5OS. The number of carbonyl (C=O) groups excluding carboxylic acids is 1. The summed E-state index contributed by atoms with van der Waals surface area (Å²) in [5.74, 6) is -0.113. The van der Waals surface area contributed by atoms with Crippen molar-refractivity contribution >= 4 is 23.4 Å². The van der Waals surface area contributed by atoms with E-state index in [2.05, 4.69) is 20.8 Å². The lowest BCUT2D eigenvalue weighted by molar-refractivity contribution is -0.115. The van der Waals surface area contributed by atoms with E-state index in [0.29, 0.717) is 5.16 Å². The Morgan fingerprint density at radius 3 is 2.46 bits per heavy atom. The van der Waals surface area contributed by atoms with E-state index in [0.717, 1.165) is 16.8 Å². The number of aryl methyl sites for hydroxylation is 2. The van der Waals surface area contributed by atoms with Crippen molar-refractivity contribution in [1.29, 1.82) is 0 Å². The molecule has 3 aromatic rings. The number of anilines is 1. The second kappa shape index (κ2) is 7.27. The average molecular weight is 339 g/mol. The molecule has 1 atom stereocenters. The predicted molar refractivity (Wildman–Crippen MR) is 93.6 cm³/mol. The summed E-state index contributed by atoms with van der Waals surface area (Å²) in [5.41, 5.74) is 2.81. The van der Waals surface area contributed by atoms with Crippen molar-refractivity contribution in [2.45, 2.75) is 17.3 Å². The van der Waals surface area contributed by atoms with E-state index in [9.17, 15) is 4.79 Å². The minimum absolute atomic E-state index is 0.113. The third kappa shape index (κ3) is 3.80. The number of hydrogen-bond donors (Lipinski definition) is 1. The number of aromatic nitrogens is 4. The van der Waals surface area contributed by atoms with E-state index in [1.54, 1.807) is 11.7 Å². The highest BCUT2D eigenvalue weighted by atomic mass is 32.2. The number of rotatable bonds is 5. The van der Waals surface area contributed by atoms with Crippen LogP contribution in [0.15, 0.2) is 59.8 Å². The largest absolute Gasteiger partial charge is 0.325 e. The van der Waals surface area contributed by atoms with E-state index >= 15 is 0 Å². The molecule has 0 fully saturated rings. The molecule has 1 heterocycles. The molecule has 1 amide bonds. The lowest BCUT2D eigenvalue weighted by Crippen LogP contribution is -2.19. The lowest BCUT2D eigenvalue weighted by atomic mass is 10.1. The topological polar surface area (TPSA) is 72.7 Å². The number of amides is 1. The number of tetrazole rings is 1. The summed E-state index contributed by atoms with van der Waals surface area (Å²) in [6, 6.07) is 17.3. The average Bonchev–Trinajstić information content (AvgIpc) is 3.00. The molecule has 24 heavy (non-hydrogen) atoms. The standard InChI is InChI=1S/C17H17N5OS/c1-12-8-10-14(11-9-12)18-16(23)15(13-6-4-3-5-7-13)24-17-19-20-21-22(17)2/h3-11,15H,1-2H3,(H,18,23). The molecule has 6 nitrogen and oxygen atoms in total. The second-order valence-electron chi connectivity index (χ2n) is 5.35. The fourth-order valence-corrected chi connectivity index (χ4v) is 3.11. The maximum Gasteiger partial charge on any atom is 0.242 e. The smallest absolute Gasteiger partial charge is 0.242 e. The maximum absolute atomic E-state index is 12.8. The molecular weight excluding hydrogens is 322 g/mol. The Bertz CT molecular complexity index is 817. The van der Waals surface area contributed by atoms with Crippen LogP contribution in [0.3, 0.4) is 0 Å². The Balaban J connectivity index is 1.85. The first kappa shape index (κ1) is 16.2. The Labute approximate surface area is 144 Å². The molecule has 7 heteroatoms. The molecule has 3 rings (SSSR count). The maximum atomic E-state index is 12.8. The number of nitrogens with one attached hydrogen (secondary N) is 1. The van der Waals surface area contributed by atoms with Crippen LogP contribution in [-0.4, -0.2) is 26.1 Å². The van der Waals surface area contributed by atoms with Crippen LogP contribution in [0, 0.1) is 6.92 Å². The van der Waals surface area contributed by atoms with Gasteiger partial charge in [0.1, 0.15) is 5.25 Å². The Kier molecular flexibility index (Phi) is 4.90. The van der Waals surface area contributed by atoms with Gasteiger partial charge in [-0.05, 0) is 35.0 Å². The zero-order valence-electron chi connectivity index (χ0n) is 13.4. The third-order valence-electron chi connectivity index (χ3n) is 3.46. The molecule has 0 saturated carbocycles. The Hall–Kier alpha value is -2.67. The zero-order valence-corrected chi connectivity index (χ0v) is 14.2. The van der Waals surface area contributed by atoms with Crippen LogP contribution in [0.25, 0.3) is 0 Å². The van der Waals surface area contributed by atoms with E-state index < -0.39 is 5.25 Å². The first-order valence-electron chi connectivity index (χ1n) is 7.45. The molecule has 1 N–H and O–H groups in total. The first-order valence-corrected chi connectivity index (χ1v) is 8.33. The van der Waals surface area contributed by atoms with E-state index in [4.69, 9.17) is 0 Å². The number of nitrogens with zero attached hydrogens (tertiary/aromatic N) is 4. The van der Waals surface area contributed by atoms with Gasteiger partial charge in [0.05, 0.1) is 0 Å². The van der Waals surface area contributed by atoms with Crippen molar-refractivity contribution in [2.24, 2.45) is 7.05 Å². The van der Waals surface area contributed by atoms with Gasteiger partial charge in [-0.3, -0.25) is 4.79 Å². The first-order chi connectivity index (χ1) is 11.6. The van der Waals surface area contributed by atoms with Gasteiger partial charge in [-0.15, -0.1) is 5.10 Å². The fraction of sp³-hybridized carbons (Fsp3) is 0.176. The highest BCUT2D eigenvalue weighted by Crippen LogP contribution is 2.34. The van der Waals surface area contributed by atoms with Crippen LogP contribution >= 0.6 is 11.8 Å². The monoisotopic (exact) mass is 339 g/mol. The molecule has 1 unspecified atom stereocenters. The van der Waals surface area contributed by atoms with E-state index in [1.165, 1.54) is 11.8 Å². The van der Waals surface area contributed by atoms with Gasteiger partial charge in [0, 0.05) is 12.7 Å². The molecule has 0 saturated heterocycles. The summed E-state index contributed by atoms with van der Waals surface area (Å²) in [6.45, 7) is 2.01. The Morgan fingerprint density at radius 1 is 1.12 bits per heavy atom. The molecule has 122 valence electrons. The van der Waals surface area contributed by atoms with Crippen LogP contribution in [-0.2, 0) is 11.8 Å². The zero-order chi connectivity index (χ0) is 16.9. The summed E-state index contributed by atoms with van der Waals surface area (Å²) in [4.78, 5) is 12.8. The molecule has 0 aliphatic rings. The SMILES string of the molecule is Cc1ccc(NC(=O)C(Sc2nnnn2C)c2ccccc2)cc1. The predicted octanol–water partition coefficient (Wildman–Crippen LogP) is 2.99. The van der Waals surface area contributed by atoms with Crippen molar-refractivity contribution in [1.82, 2.24) is 20.2 Å². The lowest BCUT2D eigenvalue weighted by Gasteiger charge is -2.16. The summed E-state index contributed by atoms with van der Waals surface area (Å²) < 4.78 is 1.56. The van der Waals surface area contributed by atoms with Crippen molar-refractivity contribution in [3.8, 4) is 0 Å². The van der Waals surface area contributed by atoms with Crippen LogP contribution < -0.4 is 5.32 Å². The quantitative estimate of drug-likeness (QED) is 0.724. The fourth-order valence-electron chi connectivity index (χ4n) is 2.17. The van der Waals surface area contributed by atoms with Gasteiger partial charge < -0.3 is 5.32 Å². The molecule has 1 aromatic heterocycles. The van der Waals surface area contributed by atoms with E-state index in [1.807, 2.05) is 61.5 Å². The second-order valence-corrected chi connectivity index (χ2v) is 6.42. The molecule has 0 bridgehead atoms. The van der Waals surface area contributed by atoms with Gasteiger partial charge in [-0.25, -0.2) is 4.68 Å². The molecule has 0 aliphatic carbocycles. The normalized spacial score (nSPS) is 11.9. The van der Waals surface area contributed by atoms with Crippen molar-refractivity contribution in [3.63, 3.8) is 0 Å². The third-order valence-corrected chi connectivity index (χ3v) is 4.74. The Morgan fingerprint density at radius 2 is 1.83 bits per heavy atom. The number of carbonyl (C=O) groups is 1. The van der Waals surface area contributed by atoms with Gasteiger partial charge in [0.15, 0.2) is 0 Å². The van der Waals surface area contributed by atoms with Gasteiger partial charge in [-0.1, -0.05) is 59.8 Å². The highest BCUT2D eigenvalue weighted by molar-refractivity contribution is 8.00. The summed E-state index contributed by atoms with van der Waals surface area (Å²) in [7, 11) is 1.75. The summed E-state index contributed by atoms with van der Waals surface area (Å²) in [6.07, 6.45) is 0. The molecule has 0 aliphatic heterocycles. The highest BCUT2D eigenvalue weighted by Gasteiger charge is 2.24. The van der Waals surface area contributed by atoms with E-state index in [-0.39, 0.29) is 5.91 Å². The van der Waals surface area contributed by atoms with Gasteiger partial charge in [-0.2, -0.15) is 0 Å². The van der Waals surface area contributed by atoms with Crippen LogP contribution in [0.2, 0.25) is 0 Å².